The highest BCUT2D eigenvalue weighted by Gasteiger charge is 2.27. The van der Waals surface area contributed by atoms with E-state index in [0.29, 0.717) is 24.5 Å². The average Bonchev–Trinajstić information content (AvgIpc) is 2.88. The summed E-state index contributed by atoms with van der Waals surface area (Å²) in [6.07, 6.45) is 1.92. The van der Waals surface area contributed by atoms with Crippen molar-refractivity contribution in [3.05, 3.63) is 84.6 Å². The maximum Gasteiger partial charge on any atom is 0.486 e. The van der Waals surface area contributed by atoms with E-state index in [1.165, 1.54) is 12.3 Å². The minimum Gasteiger partial charge on any atom is -0.480 e. The van der Waals surface area contributed by atoms with E-state index >= 15 is 0 Å². The largest absolute Gasteiger partial charge is 0.486 e. The van der Waals surface area contributed by atoms with Crippen LogP contribution in [0.15, 0.2) is 83.9 Å². The predicted octanol–water partition coefficient (Wildman–Crippen LogP) is 3.22. The van der Waals surface area contributed by atoms with Crippen molar-refractivity contribution >= 4 is 45.4 Å². The number of hydrogen-bond donors (Lipinski definition) is 4. The van der Waals surface area contributed by atoms with Gasteiger partial charge in [0.15, 0.2) is 0 Å². The van der Waals surface area contributed by atoms with Crippen molar-refractivity contribution in [1.29, 1.82) is 0 Å². The second kappa shape index (κ2) is 13.5. The van der Waals surface area contributed by atoms with Crippen molar-refractivity contribution in [1.82, 2.24) is 9.71 Å². The molecule has 0 bridgehead atoms. The number of carboxylic acids is 1. The minimum absolute atomic E-state index is 0.0219. The number of nitrogens with zero attached hydrogens (tertiary/aromatic N) is 1. The van der Waals surface area contributed by atoms with Gasteiger partial charge in [0.1, 0.15) is 10.9 Å². The van der Waals surface area contributed by atoms with Crippen LogP contribution in [0, 0.1) is 5.92 Å². The molecule has 1 heterocycles. The van der Waals surface area contributed by atoms with Crippen molar-refractivity contribution in [3.8, 4) is 0 Å². The number of fused-ring (bicyclic) bond motifs is 2. The smallest absolute Gasteiger partial charge is 0.480 e. The number of para-hydroxylation sites is 1. The van der Waals surface area contributed by atoms with Crippen LogP contribution in [0.2, 0.25) is 0 Å². The van der Waals surface area contributed by atoms with Crippen molar-refractivity contribution < 1.29 is 28.0 Å². The summed E-state index contributed by atoms with van der Waals surface area (Å²) in [4.78, 5) is 16.0. The highest BCUT2D eigenvalue weighted by Crippen LogP contribution is 2.23. The number of aliphatic carboxylic acids is 1. The molecule has 9 nitrogen and oxygen atoms in total. The summed E-state index contributed by atoms with van der Waals surface area (Å²) in [5.41, 5.74) is 6.43. The van der Waals surface area contributed by atoms with Crippen molar-refractivity contribution in [2.45, 2.75) is 43.9 Å². The van der Waals surface area contributed by atoms with Gasteiger partial charge in [-0.3, -0.25) is 9.78 Å². The highest BCUT2D eigenvalue weighted by atomic mass is 32.2. The van der Waals surface area contributed by atoms with E-state index in [-0.39, 0.29) is 17.5 Å². The lowest BCUT2D eigenvalue weighted by molar-refractivity contribution is -0.138. The van der Waals surface area contributed by atoms with Crippen molar-refractivity contribution in [3.63, 3.8) is 0 Å². The van der Waals surface area contributed by atoms with Crippen LogP contribution >= 0.6 is 0 Å². The van der Waals surface area contributed by atoms with E-state index in [1.54, 1.807) is 24.3 Å². The maximum absolute atomic E-state index is 13.0. The molecule has 0 aliphatic rings. The molecule has 0 saturated carbocycles. The van der Waals surface area contributed by atoms with Crippen LogP contribution in [0.3, 0.4) is 0 Å². The van der Waals surface area contributed by atoms with Crippen LogP contribution < -0.4 is 10.5 Å². The Morgan fingerprint density at radius 3 is 2.39 bits per heavy atom. The van der Waals surface area contributed by atoms with E-state index in [0.717, 1.165) is 22.8 Å². The van der Waals surface area contributed by atoms with Gasteiger partial charge in [-0.15, -0.1) is 0 Å². The molecule has 1 radical (unpaired) electrons. The molecule has 2 atom stereocenters. The van der Waals surface area contributed by atoms with Crippen LogP contribution in [-0.2, 0) is 25.9 Å². The lowest BCUT2D eigenvalue weighted by atomic mass is 9.99. The fourth-order valence-corrected chi connectivity index (χ4v) is 5.38. The van der Waals surface area contributed by atoms with Crippen molar-refractivity contribution in [2.75, 3.05) is 0 Å². The second-order valence-electron chi connectivity index (χ2n) is 9.10. The number of hydrogen-bond acceptors (Lipinski definition) is 7. The Bertz CT molecular complexity index is 1470. The Morgan fingerprint density at radius 1 is 1.03 bits per heavy atom. The second-order valence-corrected chi connectivity index (χ2v) is 10.8. The molecule has 0 aliphatic heterocycles. The molecule has 38 heavy (non-hydrogen) atoms. The first-order chi connectivity index (χ1) is 18.1. The SMILES string of the molecule is CC(C)C[C@H](N)O[B]O.O=C(O)[C@H](Cc1cccc2ccccc12)NS(=O)(=O)c1cccc2cccnc12. The summed E-state index contributed by atoms with van der Waals surface area (Å²) >= 11 is 0. The number of nitrogens with two attached hydrogens (primary N) is 1. The zero-order valence-corrected chi connectivity index (χ0v) is 22.0. The number of benzene rings is 3. The van der Waals surface area contributed by atoms with Crippen LogP contribution in [0.25, 0.3) is 21.7 Å². The van der Waals surface area contributed by atoms with E-state index in [2.05, 4.69) is 14.4 Å². The Balaban J connectivity index is 0.000000383. The van der Waals surface area contributed by atoms with Gasteiger partial charge in [0.2, 0.25) is 10.0 Å². The molecule has 0 saturated heterocycles. The number of pyridine rings is 1. The fraction of sp³-hybridized carbons (Fsp3) is 0.259. The van der Waals surface area contributed by atoms with E-state index < -0.39 is 22.0 Å². The highest BCUT2D eigenvalue weighted by molar-refractivity contribution is 7.89. The zero-order valence-electron chi connectivity index (χ0n) is 21.2. The molecule has 3 aromatic carbocycles. The third kappa shape index (κ3) is 7.83. The number of nitrogens with one attached hydrogen (secondary N) is 1. The first-order valence-electron chi connectivity index (χ1n) is 12.0. The standard InChI is InChI=1S/C22H18N2O4S.C5H13BNO2/c25-22(26)19(14-17-9-3-7-15-6-1-2-11-18(15)17)24-29(27,28)20-12-4-8-16-10-5-13-23-21(16)20;1-4(2)3-5(7)9-6-8/h1-13,19,24H,14H2,(H,25,26);4-5,8H,3,7H2,1-2H3/t19-;5-/m01/s1. The van der Waals surface area contributed by atoms with Gasteiger partial charge in [0.05, 0.1) is 11.7 Å². The Kier molecular flexibility index (Phi) is 10.3. The van der Waals surface area contributed by atoms with E-state index in [4.69, 9.17) is 10.8 Å². The van der Waals surface area contributed by atoms with Gasteiger partial charge in [-0.05, 0) is 40.8 Å². The Hall–Kier alpha value is -3.35. The zero-order chi connectivity index (χ0) is 27.7. The topological polar surface area (TPSA) is 152 Å². The predicted molar refractivity (Wildman–Crippen MR) is 148 cm³/mol. The molecule has 4 rings (SSSR count). The lowest BCUT2D eigenvalue weighted by Gasteiger charge is -2.17. The summed E-state index contributed by atoms with van der Waals surface area (Å²) in [5.74, 6) is -0.741. The van der Waals surface area contributed by atoms with E-state index in [9.17, 15) is 18.3 Å². The molecule has 0 fully saturated rings. The van der Waals surface area contributed by atoms with Crippen molar-refractivity contribution in [2.24, 2.45) is 11.7 Å². The van der Waals surface area contributed by atoms with Gasteiger partial charge < -0.3 is 20.5 Å². The quantitative estimate of drug-likeness (QED) is 0.178. The molecule has 0 spiro atoms. The lowest BCUT2D eigenvalue weighted by Crippen LogP contribution is -2.42. The summed E-state index contributed by atoms with van der Waals surface area (Å²) in [7, 11) is -3.47. The molecule has 4 aromatic rings. The third-order valence-corrected chi connectivity index (χ3v) is 7.23. The molecule has 0 unspecified atom stereocenters. The molecular weight excluding hydrogens is 505 g/mol. The van der Waals surface area contributed by atoms with Gasteiger partial charge in [0.25, 0.3) is 0 Å². The van der Waals surface area contributed by atoms with Gasteiger partial charge in [-0.25, -0.2) is 8.42 Å². The molecule has 0 amide bonds. The van der Waals surface area contributed by atoms with Crippen LogP contribution in [0.4, 0.5) is 0 Å². The summed E-state index contributed by atoms with van der Waals surface area (Å²) < 4.78 is 32.9. The van der Waals surface area contributed by atoms with Crippen LogP contribution in [0.1, 0.15) is 25.8 Å². The summed E-state index contributed by atoms with van der Waals surface area (Å²) in [5, 5.41) is 20.3. The molecule has 11 heteroatoms. The molecule has 199 valence electrons. The minimum atomic E-state index is -4.10. The van der Waals surface area contributed by atoms with Crippen LogP contribution in [-0.4, -0.2) is 49.5 Å². The number of carboxylic acid groups (broad SMARTS) is 1. The molecule has 5 N–H and O–H groups in total. The Morgan fingerprint density at radius 2 is 1.68 bits per heavy atom. The average molecular weight is 536 g/mol. The number of aromatic nitrogens is 1. The van der Waals surface area contributed by atoms with Gasteiger partial charge in [0, 0.05) is 18.0 Å². The number of sulfonamides is 1. The van der Waals surface area contributed by atoms with Gasteiger partial charge >= 0.3 is 13.7 Å². The molecule has 0 aliphatic carbocycles. The number of rotatable bonds is 10. The monoisotopic (exact) mass is 536 g/mol. The third-order valence-electron chi connectivity index (χ3n) is 5.72. The summed E-state index contributed by atoms with van der Waals surface area (Å²) in [6, 6.07) is 20.1. The maximum atomic E-state index is 13.0. The molecular formula is C27H31BN3O6S. The number of carbonyl (C=O) groups is 1. The van der Waals surface area contributed by atoms with Gasteiger partial charge in [-0.2, -0.15) is 4.72 Å². The fourth-order valence-electron chi connectivity index (χ4n) is 4.01. The Labute approximate surface area is 223 Å². The first kappa shape index (κ1) is 29.2. The van der Waals surface area contributed by atoms with E-state index in [1.807, 2.05) is 56.3 Å². The van der Waals surface area contributed by atoms with Crippen LogP contribution in [0.5, 0.6) is 0 Å². The summed E-state index contributed by atoms with van der Waals surface area (Å²) in [6.45, 7) is 4.08. The molecule has 1 aromatic heterocycles. The normalized spacial score (nSPS) is 13.1. The van der Waals surface area contributed by atoms with Gasteiger partial charge in [-0.1, -0.05) is 74.5 Å². The first-order valence-corrected chi connectivity index (χ1v) is 13.5.